The van der Waals surface area contributed by atoms with Crippen LogP contribution in [0.15, 0.2) is 79.1 Å². The summed E-state index contributed by atoms with van der Waals surface area (Å²) in [5.74, 6) is 1.62. The first-order valence-electron chi connectivity index (χ1n) is 12.2. The zero-order valence-corrected chi connectivity index (χ0v) is 20.6. The number of aromatic amines is 1. The summed E-state index contributed by atoms with van der Waals surface area (Å²) in [6.07, 6.45) is 4.12. The maximum Gasteiger partial charge on any atom is 0.231 e. The van der Waals surface area contributed by atoms with E-state index in [4.69, 9.17) is 18.9 Å². The molecular formula is C29H29N3O5. The molecule has 1 amide bonds. The van der Waals surface area contributed by atoms with Crippen molar-refractivity contribution in [2.75, 3.05) is 32.2 Å². The lowest BCUT2D eigenvalue weighted by Gasteiger charge is -2.25. The molecule has 5 rings (SSSR count). The average Bonchev–Trinajstić information content (AvgIpc) is 3.49. The van der Waals surface area contributed by atoms with Crippen LogP contribution in [0.3, 0.4) is 0 Å². The molecule has 1 aliphatic rings. The number of rotatable bonds is 10. The van der Waals surface area contributed by atoms with Gasteiger partial charge in [0.25, 0.3) is 0 Å². The summed E-state index contributed by atoms with van der Waals surface area (Å²) in [7, 11) is 1.62. The number of benzene rings is 3. The largest absolute Gasteiger partial charge is 0.497 e. The van der Waals surface area contributed by atoms with Crippen LogP contribution in [0.2, 0.25) is 0 Å². The number of amides is 1. The van der Waals surface area contributed by atoms with E-state index in [1.165, 1.54) is 0 Å². The van der Waals surface area contributed by atoms with Gasteiger partial charge in [0.15, 0.2) is 0 Å². The van der Waals surface area contributed by atoms with Crippen LogP contribution in [-0.4, -0.2) is 43.0 Å². The molecule has 4 aromatic rings. The summed E-state index contributed by atoms with van der Waals surface area (Å²) in [4.78, 5) is 13.2. The van der Waals surface area contributed by atoms with E-state index in [0.717, 1.165) is 33.8 Å². The van der Waals surface area contributed by atoms with Gasteiger partial charge in [0.2, 0.25) is 5.91 Å². The van der Waals surface area contributed by atoms with Crippen molar-refractivity contribution < 1.29 is 23.7 Å². The second-order valence-corrected chi connectivity index (χ2v) is 8.76. The highest BCUT2D eigenvalue weighted by Crippen LogP contribution is 2.34. The Labute approximate surface area is 215 Å². The van der Waals surface area contributed by atoms with Crippen molar-refractivity contribution >= 4 is 11.6 Å². The van der Waals surface area contributed by atoms with E-state index >= 15 is 0 Å². The molecule has 190 valence electrons. The summed E-state index contributed by atoms with van der Waals surface area (Å²) in [6, 6.07) is 21.3. The molecule has 1 atom stereocenters. The van der Waals surface area contributed by atoms with Gasteiger partial charge >= 0.3 is 0 Å². The quantitative estimate of drug-likeness (QED) is 0.302. The molecule has 2 N–H and O–H groups in total. The third-order valence-corrected chi connectivity index (χ3v) is 6.21. The maximum atomic E-state index is 13.2. The van der Waals surface area contributed by atoms with E-state index in [1.54, 1.807) is 13.3 Å². The number of ether oxygens (including phenoxy) is 4. The smallest absolute Gasteiger partial charge is 0.231 e. The Morgan fingerprint density at radius 1 is 1.08 bits per heavy atom. The molecule has 1 aromatic heterocycles. The lowest BCUT2D eigenvalue weighted by Crippen LogP contribution is -2.32. The molecule has 0 radical (unpaired) electrons. The minimum Gasteiger partial charge on any atom is -0.497 e. The average molecular weight is 500 g/mol. The van der Waals surface area contributed by atoms with Gasteiger partial charge in [-0.1, -0.05) is 36.4 Å². The zero-order chi connectivity index (χ0) is 25.5. The molecule has 0 bridgehead atoms. The summed E-state index contributed by atoms with van der Waals surface area (Å²) >= 11 is 0. The van der Waals surface area contributed by atoms with Gasteiger partial charge in [-0.15, -0.1) is 0 Å². The topological polar surface area (TPSA) is 94.7 Å². The predicted octanol–water partition coefficient (Wildman–Crippen LogP) is 4.87. The van der Waals surface area contributed by atoms with E-state index in [0.29, 0.717) is 44.3 Å². The normalized spacial score (nSPS) is 14.4. The molecule has 1 aliphatic heterocycles. The van der Waals surface area contributed by atoms with Crippen LogP contribution < -0.4 is 19.5 Å². The van der Waals surface area contributed by atoms with Crippen LogP contribution in [0, 0.1) is 5.92 Å². The van der Waals surface area contributed by atoms with E-state index in [2.05, 4.69) is 15.5 Å². The number of nitrogens with zero attached hydrogens (tertiary/aromatic N) is 1. The summed E-state index contributed by atoms with van der Waals surface area (Å²) in [6.45, 7) is 1.57. The fourth-order valence-corrected chi connectivity index (χ4v) is 4.21. The van der Waals surface area contributed by atoms with E-state index in [1.807, 2.05) is 72.9 Å². The van der Waals surface area contributed by atoms with Gasteiger partial charge < -0.3 is 24.3 Å². The third kappa shape index (κ3) is 6.10. The second-order valence-electron chi connectivity index (χ2n) is 8.76. The number of aromatic nitrogens is 2. The van der Waals surface area contributed by atoms with Crippen molar-refractivity contribution in [1.82, 2.24) is 10.2 Å². The van der Waals surface area contributed by atoms with Crippen LogP contribution in [0.4, 0.5) is 5.69 Å². The van der Waals surface area contributed by atoms with Gasteiger partial charge in [-0.2, -0.15) is 5.10 Å². The van der Waals surface area contributed by atoms with Gasteiger partial charge in [-0.3, -0.25) is 9.89 Å². The fourth-order valence-electron chi connectivity index (χ4n) is 4.21. The molecular weight excluding hydrogens is 470 g/mol. The molecule has 0 saturated heterocycles. The van der Waals surface area contributed by atoms with Gasteiger partial charge in [0.05, 0.1) is 38.1 Å². The molecule has 0 fully saturated rings. The van der Waals surface area contributed by atoms with E-state index in [9.17, 15) is 4.79 Å². The Hall–Kier alpha value is -4.30. The van der Waals surface area contributed by atoms with Crippen molar-refractivity contribution in [2.45, 2.75) is 13.0 Å². The first-order valence-corrected chi connectivity index (χ1v) is 12.2. The second kappa shape index (κ2) is 11.6. The van der Waals surface area contributed by atoms with Gasteiger partial charge in [0, 0.05) is 11.8 Å². The fraction of sp³-hybridized carbons (Fsp3) is 0.241. The molecule has 8 heteroatoms. The van der Waals surface area contributed by atoms with Crippen molar-refractivity contribution in [1.29, 1.82) is 0 Å². The Morgan fingerprint density at radius 3 is 2.78 bits per heavy atom. The number of fused-ring (bicyclic) bond motifs is 1. The number of methoxy groups -OCH3 is 1. The number of hydrogen-bond acceptors (Lipinski definition) is 6. The van der Waals surface area contributed by atoms with Crippen LogP contribution in [0.25, 0.3) is 11.1 Å². The Morgan fingerprint density at radius 2 is 1.97 bits per heavy atom. The first-order chi connectivity index (χ1) is 18.2. The van der Waals surface area contributed by atoms with Crippen LogP contribution in [0.5, 0.6) is 17.2 Å². The summed E-state index contributed by atoms with van der Waals surface area (Å²) < 4.78 is 23.0. The van der Waals surface area contributed by atoms with Crippen LogP contribution in [0.1, 0.15) is 11.1 Å². The molecule has 3 aromatic carbocycles. The Bertz CT molecular complexity index is 1320. The highest BCUT2D eigenvalue weighted by Gasteiger charge is 2.27. The highest BCUT2D eigenvalue weighted by atomic mass is 16.5. The summed E-state index contributed by atoms with van der Waals surface area (Å²) in [5, 5.41) is 9.89. The van der Waals surface area contributed by atoms with Crippen LogP contribution in [-0.2, 0) is 22.6 Å². The van der Waals surface area contributed by atoms with E-state index in [-0.39, 0.29) is 11.8 Å². The lowest BCUT2D eigenvalue weighted by atomic mass is 9.95. The molecule has 8 nitrogen and oxygen atoms in total. The highest BCUT2D eigenvalue weighted by molar-refractivity contribution is 5.95. The standard InChI is InChI=1S/C29H29N3O5/c1-34-25-8-10-27-22(14-25)13-23(19-37-27)29(33)32-26-9-7-21(24-16-30-31-17-24)15-28(26)36-12-11-35-18-20-5-3-2-4-6-20/h2-10,14-17,23H,11-13,18-19H2,1H3,(H,30,31)(H,32,33)/t23-/m0/s1. The summed E-state index contributed by atoms with van der Waals surface area (Å²) in [5.41, 5.74) is 4.50. The van der Waals surface area contributed by atoms with Gasteiger partial charge in [-0.05, 0) is 53.4 Å². The van der Waals surface area contributed by atoms with Crippen molar-refractivity contribution in [3.05, 3.63) is 90.3 Å². The van der Waals surface area contributed by atoms with Gasteiger partial charge in [0.1, 0.15) is 30.5 Å². The minimum atomic E-state index is -0.338. The number of carbonyl (C=O) groups excluding carboxylic acids is 1. The number of carbonyl (C=O) groups is 1. The van der Waals surface area contributed by atoms with Crippen molar-refractivity contribution in [3.8, 4) is 28.4 Å². The number of nitrogens with one attached hydrogen (secondary N) is 2. The Kier molecular flexibility index (Phi) is 7.66. The monoisotopic (exact) mass is 499 g/mol. The molecule has 37 heavy (non-hydrogen) atoms. The zero-order valence-electron chi connectivity index (χ0n) is 20.6. The Balaban J connectivity index is 1.25. The first kappa shape index (κ1) is 24.4. The third-order valence-electron chi connectivity index (χ3n) is 6.21. The molecule has 0 aliphatic carbocycles. The number of anilines is 1. The number of hydrogen-bond donors (Lipinski definition) is 2. The van der Waals surface area contributed by atoms with Crippen LogP contribution >= 0.6 is 0 Å². The van der Waals surface area contributed by atoms with E-state index < -0.39 is 0 Å². The minimum absolute atomic E-state index is 0.130. The SMILES string of the molecule is COc1ccc2c(c1)C[C@H](C(=O)Nc1ccc(-c3cn[nH]c3)cc1OCCOCc1ccccc1)CO2. The molecule has 0 spiro atoms. The number of H-pyrrole nitrogens is 1. The molecule has 2 heterocycles. The molecule has 0 saturated carbocycles. The van der Waals surface area contributed by atoms with Crippen molar-refractivity contribution in [3.63, 3.8) is 0 Å². The van der Waals surface area contributed by atoms with Gasteiger partial charge in [-0.25, -0.2) is 0 Å². The predicted molar refractivity (Wildman–Crippen MR) is 140 cm³/mol. The molecule has 0 unspecified atom stereocenters. The lowest BCUT2D eigenvalue weighted by molar-refractivity contribution is -0.121. The van der Waals surface area contributed by atoms with Crippen molar-refractivity contribution in [2.24, 2.45) is 5.92 Å². The maximum absolute atomic E-state index is 13.2.